The van der Waals surface area contributed by atoms with Gasteiger partial charge in [0.05, 0.1) is 6.10 Å². The number of aliphatic carboxylic acids is 2. The van der Waals surface area contributed by atoms with Crippen molar-refractivity contribution in [2.45, 2.75) is 31.4 Å². The van der Waals surface area contributed by atoms with Crippen LogP contribution in [0.5, 0.6) is 0 Å². The molecule has 0 spiro atoms. The minimum absolute atomic E-state index is 0.149. The molecule has 1 aliphatic heterocycles. The van der Waals surface area contributed by atoms with Crippen molar-refractivity contribution in [1.29, 1.82) is 0 Å². The Balaban J connectivity index is 0.000000207. The van der Waals surface area contributed by atoms with Crippen molar-refractivity contribution in [3.63, 3.8) is 0 Å². The third-order valence-corrected chi connectivity index (χ3v) is 3.78. The number of nitrogens with one attached hydrogen (secondary N) is 1. The lowest BCUT2D eigenvalue weighted by atomic mass is 9.85. The van der Waals surface area contributed by atoms with E-state index in [-0.39, 0.29) is 6.10 Å². The molecule has 3 rings (SSSR count). The van der Waals surface area contributed by atoms with Crippen LogP contribution in [0.1, 0.15) is 19.3 Å². The first kappa shape index (κ1) is 16.8. The molecule has 4 N–H and O–H groups in total. The number of carbonyl (C=O) groups is 2. The van der Waals surface area contributed by atoms with Gasteiger partial charge in [0, 0.05) is 24.4 Å². The molecule has 2 unspecified atom stereocenters. The van der Waals surface area contributed by atoms with Gasteiger partial charge in [-0.1, -0.05) is 24.3 Å². The van der Waals surface area contributed by atoms with E-state index in [4.69, 9.17) is 10.2 Å². The van der Waals surface area contributed by atoms with Gasteiger partial charge in [-0.25, -0.2) is 9.59 Å². The molecule has 0 amide bonds. The van der Waals surface area contributed by atoms with Gasteiger partial charge in [0.2, 0.25) is 0 Å². The minimum atomic E-state index is -1.26. The van der Waals surface area contributed by atoms with Crippen LogP contribution >= 0.6 is 0 Å². The van der Waals surface area contributed by atoms with E-state index in [0.29, 0.717) is 18.2 Å². The van der Waals surface area contributed by atoms with Crippen LogP contribution in [0.3, 0.4) is 0 Å². The summed E-state index contributed by atoms with van der Waals surface area (Å²) in [6, 6.07) is 8.85. The monoisotopic (exact) mass is 317 g/mol. The molecule has 6 heteroatoms. The molecule has 0 bridgehead atoms. The van der Waals surface area contributed by atoms with E-state index in [1.807, 2.05) is 0 Å². The van der Waals surface area contributed by atoms with Gasteiger partial charge in [-0.2, -0.15) is 0 Å². The largest absolute Gasteiger partial charge is 0.478 e. The molecule has 2 aliphatic rings. The van der Waals surface area contributed by atoms with Gasteiger partial charge in [-0.3, -0.25) is 0 Å². The molecule has 1 fully saturated rings. The maximum absolute atomic E-state index is 9.71. The topological polar surface area (TPSA) is 107 Å². The zero-order valence-electron chi connectivity index (χ0n) is 12.5. The van der Waals surface area contributed by atoms with Crippen molar-refractivity contribution in [2.24, 2.45) is 0 Å². The highest BCUT2D eigenvalue weighted by molar-refractivity contribution is 5.89. The van der Waals surface area contributed by atoms with Crippen LogP contribution in [-0.2, 0) is 9.59 Å². The second kappa shape index (κ2) is 7.60. The molecule has 0 radical (unpaired) electrons. The van der Waals surface area contributed by atoms with Gasteiger partial charge in [0.15, 0.2) is 0 Å². The number of carboxylic acids is 2. The van der Waals surface area contributed by atoms with Crippen molar-refractivity contribution in [3.8, 4) is 0 Å². The average molecular weight is 317 g/mol. The number of carboxylic acid groups (broad SMARTS) is 2. The van der Waals surface area contributed by atoms with Crippen LogP contribution in [0, 0.1) is 0 Å². The second-order valence-corrected chi connectivity index (χ2v) is 5.42. The Morgan fingerprint density at radius 3 is 2.39 bits per heavy atom. The zero-order valence-corrected chi connectivity index (χ0v) is 12.5. The van der Waals surface area contributed by atoms with Crippen LogP contribution in [-0.4, -0.2) is 39.4 Å². The predicted octanol–water partition coefficient (Wildman–Crippen LogP) is -0.196. The van der Waals surface area contributed by atoms with E-state index in [2.05, 4.69) is 35.8 Å². The molecule has 1 aliphatic carbocycles. The predicted molar refractivity (Wildman–Crippen MR) is 84.8 cm³/mol. The van der Waals surface area contributed by atoms with Gasteiger partial charge in [0.1, 0.15) is 0 Å². The number of fused-ring (bicyclic) bond motifs is 2. The number of hydrogen-bond acceptors (Lipinski definition) is 4. The molecule has 23 heavy (non-hydrogen) atoms. The lowest BCUT2D eigenvalue weighted by molar-refractivity contribution is -0.134. The van der Waals surface area contributed by atoms with Crippen molar-refractivity contribution in [2.75, 3.05) is 0 Å². The number of hydrogen-bond donors (Lipinski definition) is 4. The molecule has 122 valence electrons. The van der Waals surface area contributed by atoms with E-state index in [1.54, 1.807) is 0 Å². The summed E-state index contributed by atoms with van der Waals surface area (Å²) in [6.07, 6.45) is 5.84. The first-order valence-corrected chi connectivity index (χ1v) is 7.33. The second-order valence-electron chi connectivity index (χ2n) is 5.42. The molecule has 1 aromatic rings. The summed E-state index contributed by atoms with van der Waals surface area (Å²) in [4.78, 5) is 19.1. The Morgan fingerprint density at radius 1 is 1.09 bits per heavy atom. The maximum Gasteiger partial charge on any atom is 0.328 e. The minimum Gasteiger partial charge on any atom is -0.478 e. The van der Waals surface area contributed by atoms with Crippen LogP contribution in [0.15, 0.2) is 36.4 Å². The molecule has 0 aromatic heterocycles. The summed E-state index contributed by atoms with van der Waals surface area (Å²) >= 11 is 0. The van der Waals surface area contributed by atoms with Crippen LogP contribution in [0.2, 0.25) is 0 Å². The van der Waals surface area contributed by atoms with Crippen LogP contribution < -0.4 is 15.8 Å². The van der Waals surface area contributed by atoms with Crippen LogP contribution in [0.4, 0.5) is 0 Å². The Morgan fingerprint density at radius 2 is 1.74 bits per heavy atom. The Kier molecular flexibility index (Phi) is 5.54. The van der Waals surface area contributed by atoms with Gasteiger partial charge in [0.25, 0.3) is 0 Å². The SMILES string of the molecule is O=C(O)/C=C/C(=O)O.OC1CCC2NC=c3ccccc3=C2C1. The first-order chi connectivity index (χ1) is 11.0. The summed E-state index contributed by atoms with van der Waals surface area (Å²) < 4.78 is 0. The zero-order chi connectivity index (χ0) is 16.8. The summed E-state index contributed by atoms with van der Waals surface area (Å²) in [7, 11) is 0. The fourth-order valence-electron chi connectivity index (χ4n) is 2.76. The Bertz CT molecular complexity index is 722. The number of aliphatic hydroxyl groups excluding tert-OH is 1. The summed E-state index contributed by atoms with van der Waals surface area (Å²) in [5.41, 5.74) is 1.38. The summed E-state index contributed by atoms with van der Waals surface area (Å²) in [5, 5.41) is 31.3. The van der Waals surface area contributed by atoms with Crippen molar-refractivity contribution >= 4 is 23.7 Å². The lowest BCUT2D eigenvalue weighted by Crippen LogP contribution is -2.45. The van der Waals surface area contributed by atoms with Crippen molar-refractivity contribution < 1.29 is 24.9 Å². The van der Waals surface area contributed by atoms with Crippen molar-refractivity contribution in [1.82, 2.24) is 5.32 Å². The molecular formula is C17H19NO5. The number of aliphatic hydroxyl groups is 1. The highest BCUT2D eigenvalue weighted by atomic mass is 16.4. The Labute approximate surface area is 133 Å². The van der Waals surface area contributed by atoms with Gasteiger partial charge in [-0.15, -0.1) is 0 Å². The molecule has 0 saturated heterocycles. The highest BCUT2D eigenvalue weighted by Crippen LogP contribution is 2.24. The molecule has 6 nitrogen and oxygen atoms in total. The van der Waals surface area contributed by atoms with Gasteiger partial charge in [-0.05, 0) is 35.3 Å². The average Bonchev–Trinajstić information content (AvgIpc) is 2.53. The number of benzene rings is 1. The van der Waals surface area contributed by atoms with E-state index in [9.17, 15) is 14.7 Å². The molecular weight excluding hydrogens is 298 g/mol. The first-order valence-electron chi connectivity index (χ1n) is 7.33. The van der Waals surface area contributed by atoms with Crippen molar-refractivity contribution in [3.05, 3.63) is 46.9 Å². The van der Waals surface area contributed by atoms with E-state index in [1.165, 1.54) is 16.0 Å². The van der Waals surface area contributed by atoms with E-state index >= 15 is 0 Å². The number of rotatable bonds is 2. The molecule has 1 heterocycles. The van der Waals surface area contributed by atoms with E-state index in [0.717, 1.165) is 19.3 Å². The smallest absolute Gasteiger partial charge is 0.328 e. The van der Waals surface area contributed by atoms with Gasteiger partial charge < -0.3 is 20.6 Å². The van der Waals surface area contributed by atoms with Crippen LogP contribution in [0.25, 0.3) is 11.8 Å². The fraction of sp³-hybridized carbons (Fsp3) is 0.294. The summed E-state index contributed by atoms with van der Waals surface area (Å²) in [5.74, 6) is -2.51. The maximum atomic E-state index is 9.71. The fourth-order valence-corrected chi connectivity index (χ4v) is 2.76. The molecule has 1 saturated carbocycles. The standard InChI is InChI=1S/C13H15NO.C4H4O4/c15-10-5-6-13-12(7-10)11-4-2-1-3-9(11)8-14-13;5-3(6)1-2-4(7)8/h1-4,8,10,13-15H,5-7H2;1-2H,(H,5,6)(H,7,8)/b;2-1+. The third kappa shape index (κ3) is 4.69. The van der Waals surface area contributed by atoms with Gasteiger partial charge >= 0.3 is 11.9 Å². The summed E-state index contributed by atoms with van der Waals surface area (Å²) in [6.45, 7) is 0. The third-order valence-electron chi connectivity index (χ3n) is 3.78. The Hall–Kier alpha value is -2.60. The highest BCUT2D eigenvalue weighted by Gasteiger charge is 2.25. The lowest BCUT2D eigenvalue weighted by Gasteiger charge is -2.31. The molecule has 2 atom stereocenters. The van der Waals surface area contributed by atoms with E-state index < -0.39 is 11.9 Å². The quantitative estimate of drug-likeness (QED) is 0.563. The molecule has 1 aromatic carbocycles. The normalized spacial score (nSPS) is 21.9.